The third-order valence-corrected chi connectivity index (χ3v) is 6.16. The predicted octanol–water partition coefficient (Wildman–Crippen LogP) is 4.06. The lowest BCUT2D eigenvalue weighted by Gasteiger charge is -2.29. The van der Waals surface area contributed by atoms with Crippen LogP contribution in [0, 0.1) is 10.1 Å². The molecule has 1 heterocycles. The van der Waals surface area contributed by atoms with Gasteiger partial charge in [-0.3, -0.25) is 15.4 Å². The molecule has 10 heteroatoms. The highest BCUT2D eigenvalue weighted by atomic mass is 32.1. The number of carbonyl (C=O) groups is 2. The van der Waals surface area contributed by atoms with Gasteiger partial charge in [0.1, 0.15) is 12.3 Å². The molecule has 3 aromatic rings. The maximum Gasteiger partial charge on any atom is 0.405 e. The predicted molar refractivity (Wildman–Crippen MR) is 124 cm³/mol. The summed E-state index contributed by atoms with van der Waals surface area (Å²) < 4.78 is 0. The summed E-state index contributed by atoms with van der Waals surface area (Å²) in [6.45, 7) is 2.01. The largest absolute Gasteiger partial charge is 0.465 e. The van der Waals surface area contributed by atoms with Gasteiger partial charge in [0, 0.05) is 17.5 Å². The summed E-state index contributed by atoms with van der Waals surface area (Å²) in [4.78, 5) is 38.4. The summed E-state index contributed by atoms with van der Waals surface area (Å²) in [5.74, 6) is 0. The maximum atomic E-state index is 11.8. The normalized spacial score (nSPS) is 13.6. The molecule has 0 radical (unpaired) electrons. The van der Waals surface area contributed by atoms with E-state index in [1.807, 2.05) is 42.6 Å². The smallest absolute Gasteiger partial charge is 0.405 e. The first-order chi connectivity index (χ1) is 15.9. The van der Waals surface area contributed by atoms with Crippen LogP contribution in [0.1, 0.15) is 40.8 Å². The zero-order chi connectivity index (χ0) is 23.8. The van der Waals surface area contributed by atoms with Crippen molar-refractivity contribution in [3.8, 4) is 0 Å². The number of hydrogen-bond acceptors (Lipinski definition) is 7. The molecule has 0 aliphatic carbocycles. The Balaban J connectivity index is 1.96. The lowest BCUT2D eigenvalue weighted by atomic mass is 9.96. The highest BCUT2D eigenvalue weighted by Gasteiger charge is 2.28. The summed E-state index contributed by atoms with van der Waals surface area (Å²) in [5, 5.41) is 28.8. The van der Waals surface area contributed by atoms with Crippen molar-refractivity contribution in [3.05, 3.63) is 91.9 Å². The molecule has 3 atom stereocenters. The number of aromatic nitrogens is 1. The van der Waals surface area contributed by atoms with Crippen LogP contribution < -0.4 is 10.6 Å². The Hall–Kier alpha value is -3.63. The Bertz CT molecular complexity index is 1090. The summed E-state index contributed by atoms with van der Waals surface area (Å²) in [5.41, 5.74) is 2.34. The van der Waals surface area contributed by atoms with Crippen molar-refractivity contribution in [1.29, 1.82) is 0 Å². The van der Waals surface area contributed by atoms with Crippen LogP contribution in [-0.2, 0) is 17.6 Å². The van der Waals surface area contributed by atoms with E-state index in [-0.39, 0.29) is 11.7 Å². The third kappa shape index (κ3) is 6.43. The van der Waals surface area contributed by atoms with E-state index in [2.05, 4.69) is 15.6 Å². The monoisotopic (exact) mass is 468 g/mol. The lowest BCUT2D eigenvalue weighted by molar-refractivity contribution is -0.384. The van der Waals surface area contributed by atoms with Crippen LogP contribution >= 0.6 is 11.3 Å². The van der Waals surface area contributed by atoms with E-state index in [1.54, 1.807) is 12.1 Å². The van der Waals surface area contributed by atoms with Crippen LogP contribution in [0.5, 0.6) is 0 Å². The van der Waals surface area contributed by atoms with Gasteiger partial charge in [0.25, 0.3) is 5.69 Å². The number of aldehydes is 1. The van der Waals surface area contributed by atoms with Crippen LogP contribution in [0.15, 0.2) is 60.0 Å². The van der Waals surface area contributed by atoms with E-state index in [0.717, 1.165) is 28.2 Å². The van der Waals surface area contributed by atoms with E-state index in [0.29, 0.717) is 12.7 Å². The number of thiazole rings is 1. The highest BCUT2D eigenvalue weighted by molar-refractivity contribution is 7.09. The van der Waals surface area contributed by atoms with E-state index in [9.17, 15) is 24.8 Å². The second-order valence-corrected chi connectivity index (χ2v) is 8.31. The number of amides is 1. The molecule has 3 rings (SSSR count). The molecule has 3 N–H and O–H groups in total. The van der Waals surface area contributed by atoms with Crippen molar-refractivity contribution < 1.29 is 19.6 Å². The highest BCUT2D eigenvalue weighted by Crippen LogP contribution is 2.27. The van der Waals surface area contributed by atoms with Crippen molar-refractivity contribution in [3.63, 3.8) is 0 Å². The topological polar surface area (TPSA) is 134 Å². The standard InChI is InChI=1S/C23H24N4O5S/c1-2-21-24-20(14-33-21)18(12-15-8-10-17(11-9-15)27(31)32)25-22(16-6-4-3-5-7-16)19(13-28)26-23(29)30/h3-11,13-14,18-19,22,25-26H,2,12H2,1H3,(H,29,30). The van der Waals surface area contributed by atoms with Crippen LogP contribution in [0.25, 0.3) is 0 Å². The first-order valence-corrected chi connectivity index (χ1v) is 11.2. The van der Waals surface area contributed by atoms with Gasteiger partial charge in [-0.25, -0.2) is 9.78 Å². The van der Waals surface area contributed by atoms with Gasteiger partial charge in [-0.2, -0.15) is 0 Å². The zero-order valence-electron chi connectivity index (χ0n) is 17.9. The number of carbonyl (C=O) groups excluding carboxylic acids is 1. The third-order valence-electron chi connectivity index (χ3n) is 5.15. The summed E-state index contributed by atoms with van der Waals surface area (Å²) in [7, 11) is 0. The molecule has 0 fully saturated rings. The van der Waals surface area contributed by atoms with Gasteiger partial charge >= 0.3 is 6.09 Å². The minimum Gasteiger partial charge on any atom is -0.465 e. The molecule has 0 bridgehead atoms. The van der Waals surface area contributed by atoms with E-state index >= 15 is 0 Å². The van der Waals surface area contributed by atoms with Gasteiger partial charge in [0.2, 0.25) is 0 Å². The fourth-order valence-corrected chi connectivity index (χ4v) is 4.31. The number of nitro groups is 1. The first kappa shape index (κ1) is 24.0. The number of nitrogens with one attached hydrogen (secondary N) is 2. The molecule has 33 heavy (non-hydrogen) atoms. The molecule has 0 aliphatic heterocycles. The van der Waals surface area contributed by atoms with Crippen molar-refractivity contribution >= 4 is 29.4 Å². The van der Waals surface area contributed by atoms with Crippen molar-refractivity contribution in [2.75, 3.05) is 0 Å². The Labute approximate surface area is 194 Å². The van der Waals surface area contributed by atoms with Crippen LogP contribution in [0.4, 0.5) is 10.5 Å². The van der Waals surface area contributed by atoms with Crippen LogP contribution in [0.2, 0.25) is 0 Å². The molecule has 2 aromatic carbocycles. The zero-order valence-corrected chi connectivity index (χ0v) is 18.7. The van der Waals surface area contributed by atoms with Crippen molar-refractivity contribution in [2.24, 2.45) is 0 Å². The van der Waals surface area contributed by atoms with Gasteiger partial charge in [-0.05, 0) is 24.0 Å². The molecular formula is C23H24N4O5S. The molecule has 0 aliphatic rings. The number of nitro benzene ring substituents is 1. The number of benzene rings is 2. The number of non-ortho nitro benzene ring substituents is 1. The molecule has 172 valence electrons. The lowest BCUT2D eigenvalue weighted by Crippen LogP contribution is -2.46. The van der Waals surface area contributed by atoms with Crippen LogP contribution in [-0.4, -0.2) is 33.4 Å². The number of nitrogens with zero attached hydrogens (tertiary/aromatic N) is 2. The molecule has 9 nitrogen and oxygen atoms in total. The number of rotatable bonds is 11. The molecule has 0 saturated heterocycles. The minimum atomic E-state index is -1.30. The number of carboxylic acid groups (broad SMARTS) is 1. The average Bonchev–Trinajstić information content (AvgIpc) is 3.30. The fraction of sp³-hybridized carbons (Fsp3) is 0.261. The van der Waals surface area contributed by atoms with Gasteiger partial charge in [-0.1, -0.05) is 49.4 Å². The minimum absolute atomic E-state index is 0.000902. The average molecular weight is 469 g/mol. The maximum absolute atomic E-state index is 11.8. The van der Waals surface area contributed by atoms with Gasteiger partial charge in [0.15, 0.2) is 0 Å². The second-order valence-electron chi connectivity index (χ2n) is 7.37. The van der Waals surface area contributed by atoms with Crippen molar-refractivity contribution in [2.45, 2.75) is 37.9 Å². The summed E-state index contributed by atoms with van der Waals surface area (Å²) in [6, 6.07) is 13.3. The number of aryl methyl sites for hydroxylation is 1. The summed E-state index contributed by atoms with van der Waals surface area (Å²) >= 11 is 1.52. The molecule has 0 saturated carbocycles. The first-order valence-electron chi connectivity index (χ1n) is 10.3. The fourth-order valence-electron chi connectivity index (χ4n) is 3.51. The molecular weight excluding hydrogens is 444 g/mol. The van der Waals surface area contributed by atoms with Crippen LogP contribution in [0.3, 0.4) is 0 Å². The van der Waals surface area contributed by atoms with Crippen molar-refractivity contribution in [1.82, 2.24) is 15.6 Å². The van der Waals surface area contributed by atoms with Gasteiger partial charge < -0.3 is 15.2 Å². The van der Waals surface area contributed by atoms with Gasteiger partial charge in [0.05, 0.1) is 27.7 Å². The Morgan fingerprint density at radius 2 is 1.91 bits per heavy atom. The number of hydrogen-bond donors (Lipinski definition) is 3. The van der Waals surface area contributed by atoms with E-state index < -0.39 is 23.1 Å². The SMILES string of the molecule is CCc1nc(C(Cc2ccc([N+](=O)[O-])cc2)NC(c2ccccc2)C(C=O)NC(=O)O)cs1. The molecule has 0 spiro atoms. The quantitative estimate of drug-likeness (QED) is 0.219. The Kier molecular flexibility index (Phi) is 8.22. The Morgan fingerprint density at radius 1 is 1.21 bits per heavy atom. The van der Waals surface area contributed by atoms with Gasteiger partial charge in [-0.15, -0.1) is 11.3 Å². The summed E-state index contributed by atoms with van der Waals surface area (Å²) in [6.07, 6.45) is 0.477. The molecule has 3 unspecified atom stereocenters. The molecule has 1 aromatic heterocycles. The molecule has 1 amide bonds. The van der Waals surface area contributed by atoms with E-state index in [1.165, 1.54) is 23.5 Å². The van der Waals surface area contributed by atoms with E-state index in [4.69, 9.17) is 0 Å². The Morgan fingerprint density at radius 3 is 2.45 bits per heavy atom. The second kappa shape index (κ2) is 11.3.